The molecule has 0 bridgehead atoms. The number of halogens is 1. The van der Waals surface area contributed by atoms with Gasteiger partial charge >= 0.3 is 5.69 Å². The van der Waals surface area contributed by atoms with Gasteiger partial charge in [0.15, 0.2) is 0 Å². The van der Waals surface area contributed by atoms with Crippen LogP contribution >= 0.6 is 15.9 Å². The Bertz CT molecular complexity index is 528. The van der Waals surface area contributed by atoms with Crippen LogP contribution in [-0.2, 0) is 6.54 Å². The number of aromatic nitrogens is 3. The molecule has 0 saturated carbocycles. The Morgan fingerprint density at radius 3 is 3.06 bits per heavy atom. The fraction of sp³-hybridized carbons (Fsp3) is 0.111. The van der Waals surface area contributed by atoms with Crippen molar-refractivity contribution >= 4 is 27.4 Å². The van der Waals surface area contributed by atoms with Crippen LogP contribution < -0.4 is 5.32 Å². The molecule has 2 rings (SSSR count). The Hall–Kier alpha value is -1.96. The Labute approximate surface area is 105 Å². The van der Waals surface area contributed by atoms with Gasteiger partial charge in [0.05, 0.1) is 17.2 Å². The molecular formula is C9H8BrN5O2. The molecule has 17 heavy (non-hydrogen) atoms. The average Bonchev–Trinajstić information content (AvgIpc) is 2.80. The van der Waals surface area contributed by atoms with E-state index in [0.717, 1.165) is 5.69 Å². The van der Waals surface area contributed by atoms with Crippen LogP contribution in [0, 0.1) is 10.1 Å². The second kappa shape index (κ2) is 4.91. The molecule has 0 aliphatic carbocycles. The number of H-pyrrole nitrogens is 1. The number of hydrogen-bond acceptors (Lipinski definition) is 5. The summed E-state index contributed by atoms with van der Waals surface area (Å²) in [4.78, 5) is 14.3. The normalized spacial score (nSPS) is 10.2. The summed E-state index contributed by atoms with van der Waals surface area (Å²) >= 11 is 3.14. The molecule has 0 aliphatic rings. The van der Waals surface area contributed by atoms with Gasteiger partial charge < -0.3 is 5.32 Å². The van der Waals surface area contributed by atoms with Gasteiger partial charge in [-0.1, -0.05) is 0 Å². The Balaban J connectivity index is 2.17. The second-order valence-electron chi connectivity index (χ2n) is 3.21. The van der Waals surface area contributed by atoms with Crippen LogP contribution in [0.4, 0.5) is 11.5 Å². The molecule has 0 aromatic carbocycles. The van der Waals surface area contributed by atoms with Gasteiger partial charge in [-0.3, -0.25) is 15.2 Å². The number of anilines is 1. The fourth-order valence-electron chi connectivity index (χ4n) is 1.27. The number of nitrogens with zero attached hydrogens (tertiary/aromatic N) is 3. The molecule has 0 radical (unpaired) electrons. The monoisotopic (exact) mass is 297 g/mol. The first kappa shape index (κ1) is 11.5. The van der Waals surface area contributed by atoms with Crippen LogP contribution in [-0.4, -0.2) is 20.1 Å². The maximum atomic E-state index is 10.8. The quantitative estimate of drug-likeness (QED) is 0.665. The lowest BCUT2D eigenvalue weighted by molar-refractivity contribution is -0.384. The van der Waals surface area contributed by atoms with Gasteiger partial charge in [0.2, 0.25) is 5.82 Å². The lowest BCUT2D eigenvalue weighted by Gasteiger charge is -2.04. The van der Waals surface area contributed by atoms with Crippen LogP contribution in [0.25, 0.3) is 0 Å². The molecule has 2 heterocycles. The third kappa shape index (κ3) is 2.78. The van der Waals surface area contributed by atoms with Gasteiger partial charge in [0.1, 0.15) is 0 Å². The highest BCUT2D eigenvalue weighted by molar-refractivity contribution is 9.10. The first-order valence-electron chi connectivity index (χ1n) is 4.69. The summed E-state index contributed by atoms with van der Waals surface area (Å²) in [5.41, 5.74) is 0.753. The van der Waals surface area contributed by atoms with E-state index in [0.29, 0.717) is 11.0 Å². The van der Waals surface area contributed by atoms with Crippen LogP contribution in [0.1, 0.15) is 5.69 Å². The van der Waals surface area contributed by atoms with Crippen molar-refractivity contribution in [2.45, 2.75) is 6.54 Å². The molecular weight excluding hydrogens is 290 g/mol. The standard InChI is InChI=1S/C9H8BrN5O2/c10-6-3-8(15(16)17)9(11-4-6)12-5-7-1-2-13-14-7/h1-4H,5H2,(H,11,12)(H,13,14). The number of nitrogens with one attached hydrogen (secondary N) is 2. The molecule has 0 saturated heterocycles. The zero-order valence-corrected chi connectivity index (χ0v) is 10.1. The number of pyridine rings is 1. The summed E-state index contributed by atoms with van der Waals surface area (Å²) in [5, 5.41) is 20.2. The third-order valence-electron chi connectivity index (χ3n) is 2.04. The van der Waals surface area contributed by atoms with E-state index < -0.39 is 4.92 Å². The molecule has 2 aromatic rings. The van der Waals surface area contributed by atoms with Crippen molar-refractivity contribution in [3.8, 4) is 0 Å². The zero-order valence-electron chi connectivity index (χ0n) is 8.55. The maximum absolute atomic E-state index is 10.8. The molecule has 2 aromatic heterocycles. The van der Waals surface area contributed by atoms with E-state index in [1.807, 2.05) is 0 Å². The highest BCUT2D eigenvalue weighted by atomic mass is 79.9. The minimum Gasteiger partial charge on any atom is -0.359 e. The van der Waals surface area contributed by atoms with Crippen molar-refractivity contribution in [1.29, 1.82) is 0 Å². The highest BCUT2D eigenvalue weighted by Crippen LogP contribution is 2.25. The summed E-state index contributed by atoms with van der Waals surface area (Å²) in [7, 11) is 0. The number of nitro groups is 1. The summed E-state index contributed by atoms with van der Waals surface area (Å²) in [6.45, 7) is 0.398. The summed E-state index contributed by atoms with van der Waals surface area (Å²) in [6, 6.07) is 3.18. The van der Waals surface area contributed by atoms with Crippen LogP contribution in [0.15, 0.2) is 29.0 Å². The number of rotatable bonds is 4. The van der Waals surface area contributed by atoms with Crippen LogP contribution in [0.3, 0.4) is 0 Å². The molecule has 0 fully saturated rings. The molecule has 0 amide bonds. The first-order valence-corrected chi connectivity index (χ1v) is 5.48. The molecule has 2 N–H and O–H groups in total. The van der Waals surface area contributed by atoms with E-state index in [1.165, 1.54) is 12.3 Å². The predicted molar refractivity (Wildman–Crippen MR) is 64.5 cm³/mol. The van der Waals surface area contributed by atoms with Gasteiger partial charge in [-0.05, 0) is 22.0 Å². The fourth-order valence-corrected chi connectivity index (χ4v) is 1.59. The zero-order chi connectivity index (χ0) is 12.3. The van der Waals surface area contributed by atoms with E-state index in [4.69, 9.17) is 0 Å². The van der Waals surface area contributed by atoms with Crippen LogP contribution in [0.2, 0.25) is 0 Å². The van der Waals surface area contributed by atoms with Gasteiger partial charge in [0.25, 0.3) is 0 Å². The Morgan fingerprint density at radius 1 is 1.59 bits per heavy atom. The highest BCUT2D eigenvalue weighted by Gasteiger charge is 2.15. The van der Waals surface area contributed by atoms with E-state index >= 15 is 0 Å². The van der Waals surface area contributed by atoms with Crippen molar-refractivity contribution in [3.05, 3.63) is 44.8 Å². The number of hydrogen-bond donors (Lipinski definition) is 2. The lowest BCUT2D eigenvalue weighted by Crippen LogP contribution is -2.05. The molecule has 88 valence electrons. The number of aromatic amines is 1. The Morgan fingerprint density at radius 2 is 2.41 bits per heavy atom. The maximum Gasteiger partial charge on any atom is 0.312 e. The molecule has 0 aliphatic heterocycles. The van der Waals surface area contributed by atoms with E-state index in [9.17, 15) is 10.1 Å². The predicted octanol–water partition coefficient (Wildman–Crippen LogP) is 2.09. The van der Waals surface area contributed by atoms with Crippen molar-refractivity contribution in [1.82, 2.24) is 15.2 Å². The van der Waals surface area contributed by atoms with Crippen molar-refractivity contribution in [2.24, 2.45) is 0 Å². The molecule has 8 heteroatoms. The average molecular weight is 298 g/mol. The first-order chi connectivity index (χ1) is 8.16. The lowest BCUT2D eigenvalue weighted by atomic mass is 10.3. The van der Waals surface area contributed by atoms with Crippen LogP contribution in [0.5, 0.6) is 0 Å². The van der Waals surface area contributed by atoms with E-state index in [-0.39, 0.29) is 11.5 Å². The smallest absolute Gasteiger partial charge is 0.312 e. The molecule has 7 nitrogen and oxygen atoms in total. The van der Waals surface area contributed by atoms with Crippen molar-refractivity contribution < 1.29 is 4.92 Å². The third-order valence-corrected chi connectivity index (χ3v) is 2.47. The van der Waals surface area contributed by atoms with Crippen molar-refractivity contribution in [2.75, 3.05) is 5.32 Å². The van der Waals surface area contributed by atoms with E-state index in [1.54, 1.807) is 12.3 Å². The SMILES string of the molecule is O=[N+]([O-])c1cc(Br)cnc1NCc1ccn[nH]1. The summed E-state index contributed by atoms with van der Waals surface area (Å²) in [5.74, 6) is 0.229. The van der Waals surface area contributed by atoms with Gasteiger partial charge in [0, 0.05) is 22.9 Å². The van der Waals surface area contributed by atoms with Gasteiger partial charge in [-0.25, -0.2) is 4.98 Å². The topological polar surface area (TPSA) is 96.7 Å². The van der Waals surface area contributed by atoms with Gasteiger partial charge in [-0.2, -0.15) is 5.10 Å². The largest absolute Gasteiger partial charge is 0.359 e. The van der Waals surface area contributed by atoms with E-state index in [2.05, 4.69) is 36.4 Å². The molecule has 0 atom stereocenters. The minimum atomic E-state index is -0.479. The van der Waals surface area contributed by atoms with Crippen molar-refractivity contribution in [3.63, 3.8) is 0 Å². The summed E-state index contributed by atoms with van der Waals surface area (Å²) in [6.07, 6.45) is 3.11. The second-order valence-corrected chi connectivity index (χ2v) is 4.13. The summed E-state index contributed by atoms with van der Waals surface area (Å²) < 4.78 is 0.566. The van der Waals surface area contributed by atoms with Gasteiger partial charge in [-0.15, -0.1) is 0 Å². The Kier molecular flexibility index (Phi) is 3.33. The molecule has 0 unspecified atom stereocenters. The molecule has 0 spiro atoms. The minimum absolute atomic E-state index is 0.0705.